The van der Waals surface area contributed by atoms with Crippen LogP contribution in [0.15, 0.2) is 0 Å². The Hall–Kier alpha value is -2.23. The molecule has 0 heterocycles. The van der Waals surface area contributed by atoms with Gasteiger partial charge in [0.1, 0.15) is 6.04 Å². The Labute approximate surface area is 91.8 Å². The van der Waals surface area contributed by atoms with Gasteiger partial charge in [0.2, 0.25) is 0 Å². The second kappa shape index (κ2) is 7.11. The van der Waals surface area contributed by atoms with E-state index < -0.39 is 30.4 Å². The number of hydrogen-bond donors (Lipinski definition) is 4. The smallest absolute Gasteiger partial charge is 0.326 e. The number of carbonyl (C=O) groups excluding carboxylic acids is 1. The quantitative estimate of drug-likeness (QED) is 0.461. The zero-order valence-corrected chi connectivity index (χ0v) is 8.61. The number of nitrogens with one attached hydrogen (secondary N) is 2. The highest BCUT2D eigenvalue weighted by Crippen LogP contribution is 1.92. The highest BCUT2D eigenvalue weighted by atomic mass is 16.4. The molecule has 16 heavy (non-hydrogen) atoms. The van der Waals surface area contributed by atoms with Crippen LogP contribution in [0.4, 0.5) is 4.79 Å². The SMILES string of the molecule is CC#CCNC(=O)NC(CC(=O)O)C(=O)O. The van der Waals surface area contributed by atoms with Crippen LogP contribution in [0.2, 0.25) is 0 Å². The van der Waals surface area contributed by atoms with Crippen LogP contribution in [0.3, 0.4) is 0 Å². The van der Waals surface area contributed by atoms with Crippen LogP contribution in [0.25, 0.3) is 0 Å². The predicted octanol–water partition coefficient (Wildman–Crippen LogP) is -0.763. The largest absolute Gasteiger partial charge is 0.481 e. The van der Waals surface area contributed by atoms with E-state index in [2.05, 4.69) is 17.2 Å². The van der Waals surface area contributed by atoms with Gasteiger partial charge in [0.05, 0.1) is 13.0 Å². The molecule has 4 N–H and O–H groups in total. The zero-order chi connectivity index (χ0) is 12.6. The summed E-state index contributed by atoms with van der Waals surface area (Å²) in [5.41, 5.74) is 0. The van der Waals surface area contributed by atoms with E-state index in [0.29, 0.717) is 0 Å². The lowest BCUT2D eigenvalue weighted by Crippen LogP contribution is -2.47. The summed E-state index contributed by atoms with van der Waals surface area (Å²) >= 11 is 0. The molecule has 0 radical (unpaired) electrons. The first kappa shape index (κ1) is 13.8. The topological polar surface area (TPSA) is 116 Å². The first-order chi connectivity index (χ1) is 7.47. The third kappa shape index (κ3) is 6.26. The van der Waals surface area contributed by atoms with Crippen LogP contribution < -0.4 is 10.6 Å². The lowest BCUT2D eigenvalue weighted by molar-refractivity contribution is -0.145. The highest BCUT2D eigenvalue weighted by molar-refractivity contribution is 5.86. The fourth-order valence-electron chi connectivity index (χ4n) is 0.797. The Bertz CT molecular complexity index is 342. The first-order valence-electron chi connectivity index (χ1n) is 4.36. The number of aliphatic carboxylic acids is 2. The van der Waals surface area contributed by atoms with Crippen molar-refractivity contribution in [3.05, 3.63) is 0 Å². The minimum absolute atomic E-state index is 0.0712. The molecule has 0 saturated heterocycles. The molecule has 0 aliphatic rings. The van der Waals surface area contributed by atoms with Crippen molar-refractivity contribution in [1.82, 2.24) is 10.6 Å². The number of hydrogen-bond acceptors (Lipinski definition) is 3. The summed E-state index contributed by atoms with van der Waals surface area (Å²) in [6.07, 6.45) is -0.678. The van der Waals surface area contributed by atoms with E-state index in [0.717, 1.165) is 0 Å². The van der Waals surface area contributed by atoms with Gasteiger partial charge < -0.3 is 20.8 Å². The summed E-state index contributed by atoms with van der Waals surface area (Å²) in [6, 6.07) is -2.22. The van der Waals surface area contributed by atoms with E-state index in [4.69, 9.17) is 10.2 Å². The number of urea groups is 1. The second-order valence-corrected chi connectivity index (χ2v) is 2.74. The van der Waals surface area contributed by atoms with Gasteiger partial charge in [0.25, 0.3) is 0 Å². The van der Waals surface area contributed by atoms with Crippen molar-refractivity contribution >= 4 is 18.0 Å². The highest BCUT2D eigenvalue weighted by Gasteiger charge is 2.22. The van der Waals surface area contributed by atoms with Crippen LogP contribution in [-0.2, 0) is 9.59 Å². The van der Waals surface area contributed by atoms with Gasteiger partial charge in [-0.05, 0) is 6.92 Å². The summed E-state index contributed by atoms with van der Waals surface area (Å²) in [5, 5.41) is 21.3. The van der Waals surface area contributed by atoms with E-state index in [1.807, 2.05) is 5.32 Å². The van der Waals surface area contributed by atoms with E-state index in [1.165, 1.54) is 0 Å². The summed E-state index contributed by atoms with van der Waals surface area (Å²) < 4.78 is 0. The van der Waals surface area contributed by atoms with E-state index in [-0.39, 0.29) is 6.54 Å². The molecule has 88 valence electrons. The molecule has 0 spiro atoms. The minimum atomic E-state index is -1.45. The van der Waals surface area contributed by atoms with Gasteiger partial charge in [0, 0.05) is 0 Å². The molecule has 0 saturated carbocycles. The van der Waals surface area contributed by atoms with Crippen molar-refractivity contribution in [2.24, 2.45) is 0 Å². The Balaban J connectivity index is 4.16. The molecule has 0 rings (SSSR count). The fraction of sp³-hybridized carbons (Fsp3) is 0.444. The van der Waals surface area contributed by atoms with Gasteiger partial charge in [0.15, 0.2) is 0 Å². The molecule has 0 bridgehead atoms. The van der Waals surface area contributed by atoms with Crippen molar-refractivity contribution in [2.75, 3.05) is 6.54 Å². The summed E-state index contributed by atoms with van der Waals surface area (Å²) in [4.78, 5) is 31.9. The van der Waals surface area contributed by atoms with Gasteiger partial charge in [-0.2, -0.15) is 0 Å². The molecule has 1 atom stereocenters. The van der Waals surface area contributed by atoms with Gasteiger partial charge in [-0.25, -0.2) is 9.59 Å². The fourth-order valence-corrected chi connectivity index (χ4v) is 0.797. The van der Waals surface area contributed by atoms with Gasteiger partial charge in [-0.1, -0.05) is 5.92 Å². The lowest BCUT2D eigenvalue weighted by atomic mass is 10.2. The predicted molar refractivity (Wildman–Crippen MR) is 53.7 cm³/mol. The van der Waals surface area contributed by atoms with Crippen molar-refractivity contribution in [3.8, 4) is 11.8 Å². The number of carboxylic acids is 2. The van der Waals surface area contributed by atoms with Gasteiger partial charge in [-0.15, -0.1) is 5.92 Å². The van der Waals surface area contributed by atoms with Gasteiger partial charge in [-0.3, -0.25) is 4.79 Å². The molecule has 7 nitrogen and oxygen atoms in total. The maximum atomic E-state index is 11.1. The van der Waals surface area contributed by atoms with Crippen LogP contribution in [-0.4, -0.2) is 40.8 Å². The lowest BCUT2D eigenvalue weighted by Gasteiger charge is -2.11. The Kier molecular flexibility index (Phi) is 6.12. The first-order valence-corrected chi connectivity index (χ1v) is 4.36. The van der Waals surface area contributed by atoms with E-state index >= 15 is 0 Å². The number of carboxylic acid groups (broad SMARTS) is 2. The van der Waals surface area contributed by atoms with E-state index in [1.54, 1.807) is 6.92 Å². The molecule has 1 unspecified atom stereocenters. The van der Waals surface area contributed by atoms with Gasteiger partial charge >= 0.3 is 18.0 Å². The van der Waals surface area contributed by atoms with Crippen LogP contribution >= 0.6 is 0 Å². The van der Waals surface area contributed by atoms with Crippen LogP contribution in [0.1, 0.15) is 13.3 Å². The monoisotopic (exact) mass is 228 g/mol. The zero-order valence-electron chi connectivity index (χ0n) is 8.61. The number of rotatable bonds is 5. The third-order valence-electron chi connectivity index (χ3n) is 1.50. The molecule has 0 aliphatic carbocycles. The van der Waals surface area contributed by atoms with Crippen molar-refractivity contribution in [1.29, 1.82) is 0 Å². The average Bonchev–Trinajstić information content (AvgIpc) is 2.16. The van der Waals surface area contributed by atoms with Crippen molar-refractivity contribution < 1.29 is 24.6 Å². The van der Waals surface area contributed by atoms with E-state index in [9.17, 15) is 14.4 Å². The number of carbonyl (C=O) groups is 3. The molecular weight excluding hydrogens is 216 g/mol. The van der Waals surface area contributed by atoms with Crippen LogP contribution in [0.5, 0.6) is 0 Å². The average molecular weight is 228 g/mol. The molecule has 0 fully saturated rings. The minimum Gasteiger partial charge on any atom is -0.481 e. The Morgan fingerprint density at radius 2 is 1.94 bits per heavy atom. The van der Waals surface area contributed by atoms with Crippen molar-refractivity contribution in [3.63, 3.8) is 0 Å². The summed E-state index contributed by atoms with van der Waals surface area (Å²) in [6.45, 7) is 1.66. The molecule has 7 heteroatoms. The Morgan fingerprint density at radius 3 is 2.38 bits per heavy atom. The summed E-state index contributed by atoms with van der Waals surface area (Å²) in [5.74, 6) is 2.36. The van der Waals surface area contributed by atoms with Crippen LogP contribution in [0, 0.1) is 11.8 Å². The molecule has 0 aromatic carbocycles. The maximum Gasteiger partial charge on any atom is 0.326 e. The molecular formula is C9H12N2O5. The number of amides is 2. The molecule has 0 aliphatic heterocycles. The molecule has 0 aromatic rings. The standard InChI is InChI=1S/C9H12N2O5/c1-2-3-4-10-9(16)11-6(8(14)15)5-7(12)13/h6H,4-5H2,1H3,(H,12,13)(H,14,15)(H2,10,11,16). The second-order valence-electron chi connectivity index (χ2n) is 2.74. The Morgan fingerprint density at radius 1 is 1.31 bits per heavy atom. The molecule has 0 aromatic heterocycles. The normalized spacial score (nSPS) is 10.6. The van der Waals surface area contributed by atoms with Crippen molar-refractivity contribution in [2.45, 2.75) is 19.4 Å². The summed E-state index contributed by atoms with van der Waals surface area (Å²) in [7, 11) is 0. The maximum absolute atomic E-state index is 11.1. The third-order valence-corrected chi connectivity index (χ3v) is 1.50. The molecule has 2 amide bonds.